The van der Waals surface area contributed by atoms with Gasteiger partial charge in [-0.05, 0) is 55.7 Å². The minimum atomic E-state index is -0.424. The normalized spacial score (nSPS) is 13.8. The van der Waals surface area contributed by atoms with Gasteiger partial charge in [0.2, 0.25) is 5.91 Å². The minimum Gasteiger partial charge on any atom is -0.496 e. The van der Waals surface area contributed by atoms with Crippen molar-refractivity contribution in [1.29, 1.82) is 0 Å². The van der Waals surface area contributed by atoms with Gasteiger partial charge in [0.1, 0.15) is 5.75 Å². The van der Waals surface area contributed by atoms with E-state index in [1.807, 2.05) is 24.3 Å². The highest BCUT2D eigenvalue weighted by atomic mass is 35.5. The fourth-order valence-electron chi connectivity index (χ4n) is 2.53. The molecule has 2 aromatic carbocycles. The Labute approximate surface area is 162 Å². The van der Waals surface area contributed by atoms with Crippen molar-refractivity contribution < 1.29 is 14.3 Å². The smallest absolute Gasteiger partial charge is 0.275 e. The maximum atomic E-state index is 12.4. The second-order valence-electron chi connectivity index (χ2n) is 6.33. The number of methoxy groups -OCH3 is 1. The number of ether oxygens (including phenoxy) is 1. The molecule has 0 heterocycles. The number of benzene rings is 2. The third-order valence-electron chi connectivity index (χ3n) is 4.23. The molecule has 2 aromatic rings. The van der Waals surface area contributed by atoms with E-state index in [9.17, 15) is 9.59 Å². The van der Waals surface area contributed by atoms with Crippen molar-refractivity contribution in [3.63, 3.8) is 0 Å². The molecule has 2 amide bonds. The molecule has 0 atom stereocenters. The average molecular weight is 386 g/mol. The summed E-state index contributed by atoms with van der Waals surface area (Å²) >= 11 is 5.96. The largest absolute Gasteiger partial charge is 0.496 e. The van der Waals surface area contributed by atoms with E-state index in [1.165, 1.54) is 13.2 Å². The SMILES string of the molecule is COc1ccc(Cl)cc1C(=O)N/N=C(/C)c1cccc(NC(=O)C2CC2)c1. The van der Waals surface area contributed by atoms with Crippen LogP contribution in [-0.4, -0.2) is 24.6 Å². The monoisotopic (exact) mass is 385 g/mol. The van der Waals surface area contributed by atoms with Crippen LogP contribution in [0.5, 0.6) is 5.75 Å². The van der Waals surface area contributed by atoms with Gasteiger partial charge in [-0.1, -0.05) is 23.7 Å². The molecule has 27 heavy (non-hydrogen) atoms. The quantitative estimate of drug-likeness (QED) is 0.585. The Morgan fingerprint density at radius 3 is 2.67 bits per heavy atom. The Bertz CT molecular complexity index is 907. The topological polar surface area (TPSA) is 79.8 Å². The van der Waals surface area contributed by atoms with E-state index < -0.39 is 5.91 Å². The van der Waals surface area contributed by atoms with Crippen molar-refractivity contribution in [2.45, 2.75) is 19.8 Å². The maximum Gasteiger partial charge on any atom is 0.275 e. The average Bonchev–Trinajstić information content (AvgIpc) is 3.51. The summed E-state index contributed by atoms with van der Waals surface area (Å²) in [6, 6.07) is 12.1. The van der Waals surface area contributed by atoms with Crippen molar-refractivity contribution in [1.82, 2.24) is 5.43 Å². The number of hydrogen-bond donors (Lipinski definition) is 2. The van der Waals surface area contributed by atoms with Gasteiger partial charge in [-0.2, -0.15) is 5.10 Å². The lowest BCUT2D eigenvalue weighted by molar-refractivity contribution is -0.117. The highest BCUT2D eigenvalue weighted by molar-refractivity contribution is 6.31. The first-order valence-electron chi connectivity index (χ1n) is 8.57. The molecule has 1 aliphatic rings. The van der Waals surface area contributed by atoms with Gasteiger partial charge in [0.15, 0.2) is 0 Å². The second-order valence-corrected chi connectivity index (χ2v) is 6.76. The maximum absolute atomic E-state index is 12.4. The van der Waals surface area contributed by atoms with Crippen LogP contribution in [0.15, 0.2) is 47.6 Å². The number of carbonyl (C=O) groups is 2. The number of anilines is 1. The summed E-state index contributed by atoms with van der Waals surface area (Å²) in [4.78, 5) is 24.3. The number of nitrogens with zero attached hydrogens (tertiary/aromatic N) is 1. The molecule has 140 valence electrons. The van der Waals surface area contributed by atoms with Crippen molar-refractivity contribution in [3.8, 4) is 5.75 Å². The predicted octanol–water partition coefficient (Wildman–Crippen LogP) is 3.85. The van der Waals surface area contributed by atoms with Crippen molar-refractivity contribution in [2.24, 2.45) is 11.0 Å². The van der Waals surface area contributed by atoms with Gasteiger partial charge in [0, 0.05) is 16.6 Å². The molecular formula is C20H20ClN3O3. The Morgan fingerprint density at radius 2 is 1.96 bits per heavy atom. The predicted molar refractivity (Wildman–Crippen MR) is 105 cm³/mol. The van der Waals surface area contributed by atoms with Crippen LogP contribution in [0, 0.1) is 5.92 Å². The van der Waals surface area contributed by atoms with E-state index in [0.717, 1.165) is 18.4 Å². The van der Waals surface area contributed by atoms with Gasteiger partial charge in [-0.15, -0.1) is 0 Å². The molecule has 0 aromatic heterocycles. The van der Waals surface area contributed by atoms with E-state index in [1.54, 1.807) is 19.1 Å². The van der Waals surface area contributed by atoms with E-state index >= 15 is 0 Å². The van der Waals surface area contributed by atoms with Crippen LogP contribution in [0.4, 0.5) is 5.69 Å². The molecule has 0 saturated heterocycles. The zero-order valence-corrected chi connectivity index (χ0v) is 15.8. The van der Waals surface area contributed by atoms with Crippen LogP contribution in [0.2, 0.25) is 5.02 Å². The van der Waals surface area contributed by atoms with E-state index in [-0.39, 0.29) is 11.8 Å². The summed E-state index contributed by atoms with van der Waals surface area (Å²) < 4.78 is 5.18. The Balaban J connectivity index is 1.71. The Kier molecular flexibility index (Phi) is 5.76. The van der Waals surface area contributed by atoms with Crippen LogP contribution >= 0.6 is 11.6 Å². The van der Waals surface area contributed by atoms with Gasteiger partial charge in [0.05, 0.1) is 18.4 Å². The molecule has 2 N–H and O–H groups in total. The number of amides is 2. The molecule has 0 aliphatic heterocycles. The fourth-order valence-corrected chi connectivity index (χ4v) is 2.70. The lowest BCUT2D eigenvalue weighted by atomic mass is 10.1. The molecule has 0 bridgehead atoms. The van der Waals surface area contributed by atoms with E-state index in [0.29, 0.717) is 27.7 Å². The number of carbonyl (C=O) groups excluding carboxylic acids is 2. The van der Waals surface area contributed by atoms with Crippen molar-refractivity contribution in [3.05, 3.63) is 58.6 Å². The molecule has 1 aliphatic carbocycles. The second kappa shape index (κ2) is 8.22. The highest BCUT2D eigenvalue weighted by Gasteiger charge is 2.29. The zero-order chi connectivity index (χ0) is 19.4. The van der Waals surface area contributed by atoms with Crippen molar-refractivity contribution >= 4 is 34.8 Å². The lowest BCUT2D eigenvalue weighted by Crippen LogP contribution is -2.20. The first-order valence-corrected chi connectivity index (χ1v) is 8.95. The third-order valence-corrected chi connectivity index (χ3v) is 4.46. The Morgan fingerprint density at radius 1 is 1.19 bits per heavy atom. The molecule has 7 heteroatoms. The summed E-state index contributed by atoms with van der Waals surface area (Å²) in [5, 5.41) is 7.48. The van der Waals surface area contributed by atoms with Gasteiger partial charge in [-0.3, -0.25) is 9.59 Å². The van der Waals surface area contributed by atoms with Gasteiger partial charge in [0.25, 0.3) is 5.91 Å². The van der Waals surface area contributed by atoms with Crippen LogP contribution in [0.3, 0.4) is 0 Å². The summed E-state index contributed by atoms with van der Waals surface area (Å²) in [6.07, 6.45) is 1.90. The lowest BCUT2D eigenvalue weighted by Gasteiger charge is -2.09. The minimum absolute atomic E-state index is 0.0445. The summed E-state index contributed by atoms with van der Waals surface area (Å²) in [6.45, 7) is 1.78. The molecule has 6 nitrogen and oxygen atoms in total. The zero-order valence-electron chi connectivity index (χ0n) is 15.1. The van der Waals surface area contributed by atoms with Crippen LogP contribution in [0.1, 0.15) is 35.7 Å². The van der Waals surface area contributed by atoms with Crippen LogP contribution in [-0.2, 0) is 4.79 Å². The van der Waals surface area contributed by atoms with E-state index in [2.05, 4.69) is 15.8 Å². The van der Waals surface area contributed by atoms with Gasteiger partial charge in [-0.25, -0.2) is 5.43 Å². The fraction of sp³-hybridized carbons (Fsp3) is 0.250. The van der Waals surface area contributed by atoms with Gasteiger partial charge < -0.3 is 10.1 Å². The molecule has 3 rings (SSSR count). The number of nitrogens with one attached hydrogen (secondary N) is 2. The third kappa shape index (κ3) is 4.86. The molecule has 0 radical (unpaired) electrons. The van der Waals surface area contributed by atoms with E-state index in [4.69, 9.17) is 16.3 Å². The number of hydrogen-bond acceptors (Lipinski definition) is 4. The van der Waals surface area contributed by atoms with Crippen molar-refractivity contribution in [2.75, 3.05) is 12.4 Å². The molecule has 0 spiro atoms. The number of hydrazone groups is 1. The first kappa shape index (κ1) is 18.9. The molecule has 1 saturated carbocycles. The summed E-state index contributed by atoms with van der Waals surface area (Å²) in [5.74, 6) is 0.167. The Hall–Kier alpha value is -2.86. The first-order chi connectivity index (χ1) is 13.0. The summed E-state index contributed by atoms with van der Waals surface area (Å²) in [7, 11) is 1.48. The number of rotatable bonds is 6. The molecule has 1 fully saturated rings. The molecular weight excluding hydrogens is 366 g/mol. The standard InChI is InChI=1S/C20H20ClN3O3/c1-12(14-4-3-5-16(10-14)22-19(25)13-6-7-13)23-24-20(26)17-11-15(21)8-9-18(17)27-2/h3-5,8-11,13H,6-7H2,1-2H3,(H,22,25)(H,24,26)/b23-12-. The van der Waals surface area contributed by atoms with Gasteiger partial charge >= 0.3 is 0 Å². The number of halogens is 1. The van der Waals surface area contributed by atoms with Crippen LogP contribution in [0.25, 0.3) is 0 Å². The highest BCUT2D eigenvalue weighted by Crippen LogP contribution is 2.30. The van der Waals surface area contributed by atoms with Crippen LogP contribution < -0.4 is 15.5 Å². The molecule has 0 unspecified atom stereocenters. The summed E-state index contributed by atoms with van der Waals surface area (Å²) in [5.41, 5.74) is 4.92.